The van der Waals surface area contributed by atoms with Crippen LogP contribution in [0.4, 0.5) is 0 Å². The van der Waals surface area contributed by atoms with E-state index in [-0.39, 0.29) is 0 Å². The molecular formula is C4H4SSn. The van der Waals surface area contributed by atoms with E-state index < -0.39 is 0 Å². The van der Waals surface area contributed by atoms with Gasteiger partial charge in [-0.25, -0.2) is 0 Å². The molecule has 6 heavy (non-hydrogen) atoms. The molecule has 2 heteroatoms. The summed E-state index contributed by atoms with van der Waals surface area (Å²) in [5.41, 5.74) is 0. The van der Waals surface area contributed by atoms with Crippen LogP contribution < -0.4 is 3.58 Å². The van der Waals surface area contributed by atoms with Gasteiger partial charge in [0.25, 0.3) is 0 Å². The van der Waals surface area contributed by atoms with Crippen LogP contribution in [0.15, 0.2) is 16.8 Å². The van der Waals surface area contributed by atoms with E-state index in [1.54, 1.807) is 11.3 Å². The molecule has 0 aliphatic rings. The van der Waals surface area contributed by atoms with Crippen molar-refractivity contribution in [3.05, 3.63) is 16.8 Å². The monoisotopic (exact) mass is 204 g/mol. The fourth-order valence-corrected chi connectivity index (χ4v) is 2.17. The molecule has 0 spiro atoms. The Kier molecular flexibility index (Phi) is 1.53. The second-order valence-electron chi connectivity index (χ2n) is 1.06. The van der Waals surface area contributed by atoms with Crippen LogP contribution in [0.3, 0.4) is 0 Å². The minimum absolute atomic E-state index is 1.26. The van der Waals surface area contributed by atoms with Gasteiger partial charge in [-0.15, -0.1) is 0 Å². The van der Waals surface area contributed by atoms with Crippen molar-refractivity contribution in [2.45, 2.75) is 0 Å². The van der Waals surface area contributed by atoms with Crippen molar-refractivity contribution >= 4 is 37.4 Å². The van der Waals surface area contributed by atoms with Crippen LogP contribution in [0.25, 0.3) is 0 Å². The maximum absolute atomic E-state index is 2.18. The summed E-state index contributed by atoms with van der Waals surface area (Å²) >= 11 is 3.04. The molecule has 1 aromatic rings. The van der Waals surface area contributed by atoms with Gasteiger partial charge in [0.05, 0.1) is 0 Å². The van der Waals surface area contributed by atoms with Gasteiger partial charge < -0.3 is 0 Å². The van der Waals surface area contributed by atoms with Gasteiger partial charge in [-0.2, -0.15) is 0 Å². The standard InChI is InChI=1S/C4H3S.Sn.H/c1-2-4-5-3-1;;/h1,3-4H;;. The van der Waals surface area contributed by atoms with Crippen LogP contribution in [0.2, 0.25) is 0 Å². The van der Waals surface area contributed by atoms with Gasteiger partial charge in [0.15, 0.2) is 0 Å². The van der Waals surface area contributed by atoms with Crippen LogP contribution in [0, 0.1) is 0 Å². The summed E-state index contributed by atoms with van der Waals surface area (Å²) in [5, 5.41) is 4.29. The van der Waals surface area contributed by atoms with E-state index in [1.165, 1.54) is 26.1 Å². The zero-order valence-electron chi connectivity index (χ0n) is 3.22. The van der Waals surface area contributed by atoms with Gasteiger partial charge in [-0.1, -0.05) is 0 Å². The molecule has 0 aromatic carbocycles. The van der Waals surface area contributed by atoms with Crippen molar-refractivity contribution < 1.29 is 0 Å². The Labute approximate surface area is 54.3 Å². The molecule has 1 heterocycles. The first-order valence-corrected chi connectivity index (χ1v) is 4.26. The van der Waals surface area contributed by atoms with Crippen molar-refractivity contribution in [2.75, 3.05) is 0 Å². The molecule has 0 nitrogen and oxygen atoms in total. The summed E-state index contributed by atoms with van der Waals surface area (Å²) in [6.45, 7) is 0. The quantitative estimate of drug-likeness (QED) is 0.531. The Morgan fingerprint density at radius 1 is 1.67 bits per heavy atom. The molecule has 0 aliphatic carbocycles. The fourth-order valence-electron chi connectivity index (χ4n) is 0.275. The molecule has 0 aliphatic heterocycles. The summed E-state index contributed by atoms with van der Waals surface area (Å²) in [6, 6.07) is 2.16. The molecule has 0 saturated carbocycles. The van der Waals surface area contributed by atoms with Gasteiger partial charge in [-0.3, -0.25) is 0 Å². The predicted molar refractivity (Wildman–Crippen MR) is 31.1 cm³/mol. The van der Waals surface area contributed by atoms with E-state index in [1.807, 2.05) is 0 Å². The summed E-state index contributed by atoms with van der Waals surface area (Å²) in [7, 11) is 0. The molecule has 30 valence electrons. The topological polar surface area (TPSA) is 0 Å². The third kappa shape index (κ3) is 0.979. The Morgan fingerprint density at radius 2 is 2.50 bits per heavy atom. The van der Waals surface area contributed by atoms with Crippen LogP contribution >= 0.6 is 11.3 Å². The number of thiophene rings is 1. The summed E-state index contributed by atoms with van der Waals surface area (Å²) in [4.78, 5) is 0. The van der Waals surface area contributed by atoms with Crippen molar-refractivity contribution in [1.29, 1.82) is 0 Å². The first kappa shape index (κ1) is 4.65. The van der Waals surface area contributed by atoms with Crippen LogP contribution in [-0.2, 0) is 0 Å². The summed E-state index contributed by atoms with van der Waals surface area (Å²) < 4.78 is 1.49. The van der Waals surface area contributed by atoms with E-state index in [2.05, 4.69) is 16.8 Å². The van der Waals surface area contributed by atoms with Crippen LogP contribution in [0.1, 0.15) is 0 Å². The van der Waals surface area contributed by atoms with Crippen molar-refractivity contribution in [3.63, 3.8) is 0 Å². The van der Waals surface area contributed by atoms with Gasteiger partial charge in [-0.05, 0) is 0 Å². The molecular weight excluding hydrogens is 199 g/mol. The molecule has 0 bridgehead atoms. The van der Waals surface area contributed by atoms with E-state index in [0.29, 0.717) is 0 Å². The van der Waals surface area contributed by atoms with Crippen LogP contribution in [-0.4, -0.2) is 22.5 Å². The first-order chi connectivity index (χ1) is 2.89. The van der Waals surface area contributed by atoms with Crippen molar-refractivity contribution in [1.82, 2.24) is 0 Å². The fraction of sp³-hybridized carbons (Fsp3) is 0. The molecule has 1 rings (SSSR count). The third-order valence-corrected chi connectivity index (χ3v) is 2.96. The first-order valence-electron chi connectivity index (χ1n) is 1.67. The molecule has 0 amide bonds. The van der Waals surface area contributed by atoms with Crippen molar-refractivity contribution in [2.24, 2.45) is 0 Å². The van der Waals surface area contributed by atoms with Gasteiger partial charge >= 0.3 is 54.3 Å². The Bertz CT molecular complexity index is 111. The molecule has 0 saturated heterocycles. The van der Waals surface area contributed by atoms with E-state index in [0.717, 1.165) is 0 Å². The van der Waals surface area contributed by atoms with E-state index in [9.17, 15) is 0 Å². The van der Waals surface area contributed by atoms with E-state index >= 15 is 0 Å². The minimum atomic E-state index is 1.26. The zero-order valence-corrected chi connectivity index (χ0v) is 7.33. The SMILES string of the molecule is [SnH][c]1ccsc1. The number of rotatable bonds is 0. The number of hydrogen-bond acceptors (Lipinski definition) is 1. The third-order valence-electron chi connectivity index (χ3n) is 0.543. The normalized spacial score (nSPS) is 8.83. The molecule has 1 aromatic heterocycles. The molecule has 2 radical (unpaired) electrons. The number of hydrogen-bond donors (Lipinski definition) is 0. The summed E-state index contributed by atoms with van der Waals surface area (Å²) in [5.74, 6) is 0. The van der Waals surface area contributed by atoms with E-state index in [4.69, 9.17) is 0 Å². The Hall–Kier alpha value is 0.499. The van der Waals surface area contributed by atoms with Gasteiger partial charge in [0, 0.05) is 0 Å². The second kappa shape index (κ2) is 1.98. The summed E-state index contributed by atoms with van der Waals surface area (Å²) in [6.07, 6.45) is 0. The maximum atomic E-state index is 2.18. The molecule has 0 fully saturated rings. The molecule has 0 unspecified atom stereocenters. The Morgan fingerprint density at radius 3 is 2.67 bits per heavy atom. The van der Waals surface area contributed by atoms with Crippen molar-refractivity contribution in [3.8, 4) is 0 Å². The predicted octanol–water partition coefficient (Wildman–Crippen LogP) is 0.274. The van der Waals surface area contributed by atoms with Gasteiger partial charge in [0.2, 0.25) is 0 Å². The molecule has 0 N–H and O–H groups in total. The van der Waals surface area contributed by atoms with Gasteiger partial charge in [0.1, 0.15) is 0 Å². The zero-order chi connectivity index (χ0) is 4.41. The average molecular weight is 203 g/mol. The van der Waals surface area contributed by atoms with Crippen LogP contribution in [0.5, 0.6) is 0 Å². The Balaban J connectivity index is 3.05. The molecule has 0 atom stereocenters. The average Bonchev–Trinajstić information content (AvgIpc) is 1.86. The second-order valence-corrected chi connectivity index (χ2v) is 3.74.